The van der Waals surface area contributed by atoms with E-state index in [9.17, 15) is 0 Å². The number of fused-ring (bicyclic) bond motifs is 1. The van der Waals surface area contributed by atoms with Gasteiger partial charge < -0.3 is 11.1 Å². The molecule has 1 fully saturated rings. The van der Waals surface area contributed by atoms with Crippen LogP contribution in [0.1, 0.15) is 5.56 Å². The highest BCUT2D eigenvalue weighted by Crippen LogP contribution is 2.28. The number of nitrogens with one attached hydrogen (secondary N) is 1. The van der Waals surface area contributed by atoms with E-state index in [-0.39, 0.29) is 0 Å². The average Bonchev–Trinajstić information content (AvgIpc) is 2.53. The highest BCUT2D eigenvalue weighted by molar-refractivity contribution is 8.06. The zero-order valence-corrected chi connectivity index (χ0v) is 14.0. The molecule has 1 aliphatic rings. The molecule has 0 aliphatic carbocycles. The molecular formula is C15H17N3S3. The van der Waals surface area contributed by atoms with Gasteiger partial charge in [0, 0.05) is 40.6 Å². The summed E-state index contributed by atoms with van der Waals surface area (Å²) in [5, 5.41) is 5.28. The van der Waals surface area contributed by atoms with Crippen LogP contribution in [0.4, 0.5) is 5.69 Å². The van der Waals surface area contributed by atoms with Crippen LogP contribution in [0.3, 0.4) is 0 Å². The molecular weight excluding hydrogens is 318 g/mol. The maximum atomic E-state index is 5.86. The smallest absolute Gasteiger partial charge is 0.107 e. The van der Waals surface area contributed by atoms with Crippen molar-refractivity contribution in [3.8, 4) is 0 Å². The highest BCUT2D eigenvalue weighted by Gasteiger charge is 2.16. The van der Waals surface area contributed by atoms with Crippen molar-refractivity contribution in [3.63, 3.8) is 0 Å². The molecule has 21 heavy (non-hydrogen) atoms. The first-order valence-electron chi connectivity index (χ1n) is 6.86. The summed E-state index contributed by atoms with van der Waals surface area (Å²) in [6, 6.07) is 8.08. The van der Waals surface area contributed by atoms with Crippen molar-refractivity contribution in [3.05, 3.63) is 36.0 Å². The van der Waals surface area contributed by atoms with Crippen molar-refractivity contribution in [2.45, 2.75) is 5.25 Å². The molecule has 110 valence electrons. The molecule has 1 atom stereocenters. The van der Waals surface area contributed by atoms with E-state index in [2.05, 4.69) is 16.4 Å². The molecule has 0 spiro atoms. The molecule has 3 nitrogen and oxygen atoms in total. The van der Waals surface area contributed by atoms with Gasteiger partial charge in [-0.05, 0) is 6.07 Å². The number of aromatic nitrogens is 1. The van der Waals surface area contributed by atoms with Crippen LogP contribution in [-0.2, 0) is 0 Å². The number of anilines is 1. The maximum absolute atomic E-state index is 5.86. The van der Waals surface area contributed by atoms with Gasteiger partial charge in [0.15, 0.2) is 0 Å². The minimum absolute atomic E-state index is 0.390. The lowest BCUT2D eigenvalue weighted by Gasteiger charge is -2.23. The highest BCUT2D eigenvalue weighted by atomic mass is 32.2. The van der Waals surface area contributed by atoms with Crippen LogP contribution < -0.4 is 11.1 Å². The number of hydrogen-bond acceptors (Lipinski definition) is 5. The minimum Gasteiger partial charge on any atom is -0.389 e. The molecule has 6 heteroatoms. The number of nitrogens with two attached hydrogens (primary N) is 1. The summed E-state index contributed by atoms with van der Waals surface area (Å²) in [6.07, 6.45) is 1.77. The number of para-hydroxylation sites is 1. The Balaban J connectivity index is 1.90. The summed E-state index contributed by atoms with van der Waals surface area (Å²) in [5.74, 6) is 3.69. The zero-order valence-electron chi connectivity index (χ0n) is 11.5. The van der Waals surface area contributed by atoms with Crippen LogP contribution >= 0.6 is 35.7 Å². The molecule has 0 amide bonds. The summed E-state index contributed by atoms with van der Waals surface area (Å²) >= 11 is 9.24. The predicted molar refractivity (Wildman–Crippen MR) is 99.7 cm³/mol. The van der Waals surface area contributed by atoms with Gasteiger partial charge in [-0.25, -0.2) is 0 Å². The van der Waals surface area contributed by atoms with Crippen molar-refractivity contribution in [2.75, 3.05) is 29.1 Å². The fourth-order valence-corrected chi connectivity index (χ4v) is 5.16. The Morgan fingerprint density at radius 2 is 2.24 bits per heavy atom. The van der Waals surface area contributed by atoms with Gasteiger partial charge >= 0.3 is 0 Å². The minimum atomic E-state index is 0.390. The third kappa shape index (κ3) is 3.44. The molecule has 2 heterocycles. The van der Waals surface area contributed by atoms with Crippen molar-refractivity contribution < 1.29 is 0 Å². The number of hydrogen-bond donors (Lipinski definition) is 2. The Hall–Kier alpha value is -0.980. The largest absolute Gasteiger partial charge is 0.389 e. The van der Waals surface area contributed by atoms with E-state index >= 15 is 0 Å². The normalized spacial score (nSPS) is 18.6. The molecule has 0 radical (unpaired) electrons. The second-order valence-electron chi connectivity index (χ2n) is 4.88. The Morgan fingerprint density at radius 1 is 1.38 bits per heavy atom. The summed E-state index contributed by atoms with van der Waals surface area (Å²) in [7, 11) is 0. The fourth-order valence-electron chi connectivity index (χ4n) is 2.39. The second kappa shape index (κ2) is 6.85. The van der Waals surface area contributed by atoms with Crippen molar-refractivity contribution in [1.29, 1.82) is 0 Å². The van der Waals surface area contributed by atoms with E-state index in [1.54, 1.807) is 6.20 Å². The summed E-state index contributed by atoms with van der Waals surface area (Å²) in [4.78, 5) is 4.83. The Kier molecular flexibility index (Phi) is 4.87. The topological polar surface area (TPSA) is 50.9 Å². The molecule has 1 saturated heterocycles. The van der Waals surface area contributed by atoms with Crippen LogP contribution in [0, 0.1) is 0 Å². The van der Waals surface area contributed by atoms with E-state index < -0.39 is 0 Å². The Morgan fingerprint density at radius 3 is 3.00 bits per heavy atom. The third-order valence-electron chi connectivity index (χ3n) is 3.43. The summed E-state index contributed by atoms with van der Waals surface area (Å²) in [6.45, 7) is 0.932. The van der Waals surface area contributed by atoms with Gasteiger partial charge in [-0.1, -0.05) is 30.4 Å². The average molecular weight is 336 g/mol. The van der Waals surface area contributed by atoms with E-state index in [0.29, 0.717) is 10.2 Å². The van der Waals surface area contributed by atoms with Gasteiger partial charge in [0.25, 0.3) is 0 Å². The fraction of sp³-hybridized carbons (Fsp3) is 0.333. The molecule has 1 aliphatic heterocycles. The monoisotopic (exact) mass is 335 g/mol. The number of nitrogens with zero attached hydrogens (tertiary/aromatic N) is 1. The number of pyridine rings is 1. The second-order valence-corrected chi connectivity index (χ2v) is 7.87. The Labute approximate surface area is 138 Å². The molecule has 3 N–H and O–H groups in total. The molecule has 0 bridgehead atoms. The van der Waals surface area contributed by atoms with Gasteiger partial charge in [0.2, 0.25) is 0 Å². The summed E-state index contributed by atoms with van der Waals surface area (Å²) < 4.78 is 0. The van der Waals surface area contributed by atoms with Crippen LogP contribution in [0.15, 0.2) is 30.5 Å². The number of rotatable bonds is 4. The first kappa shape index (κ1) is 14.9. The Bertz CT molecular complexity index is 654. The molecule has 1 aromatic carbocycles. The van der Waals surface area contributed by atoms with Gasteiger partial charge in [0.05, 0.1) is 16.8 Å². The van der Waals surface area contributed by atoms with Crippen LogP contribution in [0.5, 0.6) is 0 Å². The lowest BCUT2D eigenvalue weighted by Crippen LogP contribution is -2.24. The molecule has 3 rings (SSSR count). The van der Waals surface area contributed by atoms with Gasteiger partial charge in [-0.2, -0.15) is 23.5 Å². The van der Waals surface area contributed by atoms with Crippen LogP contribution in [0.2, 0.25) is 0 Å². The first-order chi connectivity index (χ1) is 10.3. The van der Waals surface area contributed by atoms with Crippen molar-refractivity contribution in [2.24, 2.45) is 5.73 Å². The van der Waals surface area contributed by atoms with E-state index in [1.165, 1.54) is 17.3 Å². The zero-order chi connectivity index (χ0) is 14.7. The quantitative estimate of drug-likeness (QED) is 0.837. The van der Waals surface area contributed by atoms with E-state index in [4.69, 9.17) is 18.0 Å². The standard InChI is InChI=1S/C15H17N3S3/c16-15(19)12-8-17-13-4-2-1-3-11(13)14(12)18-7-10-9-20-5-6-21-10/h1-4,8,10H,5-7,9H2,(H2,16,19)(H,17,18). The lowest BCUT2D eigenvalue weighted by atomic mass is 10.1. The molecule has 1 aromatic heterocycles. The number of thioether (sulfide) groups is 2. The lowest BCUT2D eigenvalue weighted by molar-refractivity contribution is 1.01. The van der Waals surface area contributed by atoms with E-state index in [1.807, 2.05) is 41.7 Å². The van der Waals surface area contributed by atoms with Gasteiger partial charge in [-0.3, -0.25) is 4.98 Å². The SMILES string of the molecule is NC(=S)c1cnc2ccccc2c1NCC1CSCCS1. The van der Waals surface area contributed by atoms with Crippen molar-refractivity contribution >= 4 is 57.3 Å². The van der Waals surface area contributed by atoms with Crippen molar-refractivity contribution in [1.82, 2.24) is 4.98 Å². The van der Waals surface area contributed by atoms with Crippen LogP contribution in [0.25, 0.3) is 10.9 Å². The van der Waals surface area contributed by atoms with E-state index in [0.717, 1.165) is 28.7 Å². The molecule has 2 aromatic rings. The number of thiocarbonyl (C=S) groups is 1. The van der Waals surface area contributed by atoms with Gasteiger partial charge in [-0.15, -0.1) is 0 Å². The predicted octanol–water partition coefficient (Wildman–Crippen LogP) is 3.13. The van der Waals surface area contributed by atoms with Gasteiger partial charge in [0.1, 0.15) is 4.99 Å². The first-order valence-corrected chi connectivity index (χ1v) is 9.47. The molecule has 1 unspecified atom stereocenters. The maximum Gasteiger partial charge on any atom is 0.107 e. The summed E-state index contributed by atoms with van der Waals surface area (Å²) in [5.41, 5.74) is 8.67. The number of benzene rings is 1. The van der Waals surface area contributed by atoms with Crippen LogP contribution in [-0.4, -0.2) is 39.0 Å². The molecule has 0 saturated carbocycles. The third-order valence-corrected chi connectivity index (χ3v) is 6.50.